The molecule has 0 spiro atoms. The van der Waals surface area contributed by atoms with Crippen molar-refractivity contribution in [3.63, 3.8) is 0 Å². The SMILES string of the molecule is CC(C)(C)Cn1c(NOS(C)(=O)=O)nc2ccc(-c3[nH]nnc3-c3ccccc3)nc21. The molecule has 1 aromatic carbocycles. The van der Waals surface area contributed by atoms with Crippen molar-refractivity contribution in [1.29, 1.82) is 0 Å². The molecule has 11 heteroatoms. The quantitative estimate of drug-likeness (QED) is 0.437. The van der Waals surface area contributed by atoms with Gasteiger partial charge in [-0.1, -0.05) is 56.3 Å². The molecule has 10 nitrogen and oxygen atoms in total. The molecule has 0 fully saturated rings. The van der Waals surface area contributed by atoms with Gasteiger partial charge in [-0.05, 0) is 17.5 Å². The zero-order valence-corrected chi connectivity index (χ0v) is 18.4. The summed E-state index contributed by atoms with van der Waals surface area (Å²) in [6.07, 6.45) is 0.962. The van der Waals surface area contributed by atoms with Crippen LogP contribution in [0.4, 0.5) is 5.95 Å². The van der Waals surface area contributed by atoms with Crippen LogP contribution in [0.15, 0.2) is 42.5 Å². The number of benzene rings is 1. The molecule has 3 heterocycles. The van der Waals surface area contributed by atoms with Crippen molar-refractivity contribution < 1.29 is 12.7 Å². The minimum atomic E-state index is -3.71. The van der Waals surface area contributed by atoms with E-state index in [1.807, 2.05) is 42.5 Å². The van der Waals surface area contributed by atoms with Crippen molar-refractivity contribution in [2.45, 2.75) is 27.3 Å². The summed E-state index contributed by atoms with van der Waals surface area (Å²) in [7, 11) is -3.71. The second kappa shape index (κ2) is 7.75. The third-order valence-electron chi connectivity index (χ3n) is 4.36. The average molecular weight is 442 g/mol. The Labute approximate surface area is 179 Å². The van der Waals surface area contributed by atoms with Crippen LogP contribution in [-0.4, -0.2) is 44.6 Å². The Hall–Kier alpha value is -3.31. The fourth-order valence-electron chi connectivity index (χ4n) is 3.16. The molecule has 0 saturated carbocycles. The summed E-state index contributed by atoms with van der Waals surface area (Å²) in [6.45, 7) is 6.73. The van der Waals surface area contributed by atoms with Crippen molar-refractivity contribution in [3.05, 3.63) is 42.5 Å². The molecule has 3 aromatic heterocycles. The highest BCUT2D eigenvalue weighted by molar-refractivity contribution is 7.86. The zero-order chi connectivity index (χ0) is 22.2. The first-order valence-electron chi connectivity index (χ1n) is 9.59. The monoisotopic (exact) mass is 441 g/mol. The maximum absolute atomic E-state index is 11.4. The third kappa shape index (κ3) is 4.72. The van der Waals surface area contributed by atoms with Gasteiger partial charge in [0.1, 0.15) is 16.9 Å². The van der Waals surface area contributed by atoms with Crippen molar-refractivity contribution in [1.82, 2.24) is 29.9 Å². The van der Waals surface area contributed by atoms with Gasteiger partial charge < -0.3 is 0 Å². The Balaban J connectivity index is 1.82. The molecule has 4 rings (SSSR count). The minimum Gasteiger partial charge on any atom is -0.293 e. The van der Waals surface area contributed by atoms with E-state index in [-0.39, 0.29) is 11.4 Å². The van der Waals surface area contributed by atoms with Gasteiger partial charge >= 0.3 is 0 Å². The molecule has 0 amide bonds. The summed E-state index contributed by atoms with van der Waals surface area (Å²) in [5, 5.41) is 11.1. The van der Waals surface area contributed by atoms with Crippen LogP contribution in [0, 0.1) is 5.41 Å². The molecule has 0 saturated heterocycles. The van der Waals surface area contributed by atoms with Crippen molar-refractivity contribution in [3.8, 4) is 22.6 Å². The summed E-state index contributed by atoms with van der Waals surface area (Å²) in [5.41, 5.74) is 6.43. The van der Waals surface area contributed by atoms with Crippen LogP contribution in [0.25, 0.3) is 33.8 Å². The first kappa shape index (κ1) is 20.9. The van der Waals surface area contributed by atoms with E-state index in [0.29, 0.717) is 34.8 Å². The molecular formula is C20H23N7O3S. The van der Waals surface area contributed by atoms with E-state index in [2.05, 4.69) is 46.6 Å². The number of hydrogen-bond acceptors (Lipinski definition) is 8. The van der Waals surface area contributed by atoms with E-state index >= 15 is 0 Å². The fourth-order valence-corrected chi connectivity index (χ4v) is 3.39. The maximum atomic E-state index is 11.4. The number of nitrogens with one attached hydrogen (secondary N) is 2. The number of anilines is 1. The number of aromatic nitrogens is 6. The molecule has 0 aliphatic rings. The number of fused-ring (bicyclic) bond motifs is 1. The number of pyridine rings is 1. The molecular weight excluding hydrogens is 418 g/mol. The van der Waals surface area contributed by atoms with Crippen LogP contribution < -0.4 is 5.48 Å². The molecule has 0 radical (unpaired) electrons. The Kier molecular flexibility index (Phi) is 5.23. The number of imidazole rings is 1. The lowest BCUT2D eigenvalue weighted by molar-refractivity contribution is 0.339. The minimum absolute atomic E-state index is 0.127. The third-order valence-corrected chi connectivity index (χ3v) is 4.75. The largest absolute Gasteiger partial charge is 0.293 e. The van der Waals surface area contributed by atoms with Gasteiger partial charge in [-0.25, -0.2) is 15.4 Å². The Morgan fingerprint density at radius 2 is 1.84 bits per heavy atom. The van der Waals surface area contributed by atoms with Crippen LogP contribution >= 0.6 is 0 Å². The van der Waals surface area contributed by atoms with E-state index in [1.165, 1.54) is 0 Å². The van der Waals surface area contributed by atoms with Crippen molar-refractivity contribution in [2.75, 3.05) is 11.7 Å². The summed E-state index contributed by atoms with van der Waals surface area (Å²) < 4.78 is 29.5. The first-order chi connectivity index (χ1) is 14.6. The molecule has 0 unspecified atom stereocenters. The van der Waals surface area contributed by atoms with E-state index in [4.69, 9.17) is 9.27 Å². The highest BCUT2D eigenvalue weighted by Gasteiger charge is 2.21. The van der Waals surface area contributed by atoms with Crippen LogP contribution in [0.5, 0.6) is 0 Å². The summed E-state index contributed by atoms with van der Waals surface area (Å²) in [4.78, 5) is 9.26. The lowest BCUT2D eigenvalue weighted by Crippen LogP contribution is -2.19. The number of rotatable bonds is 6. The maximum Gasteiger partial charge on any atom is 0.285 e. The topological polar surface area (TPSA) is 128 Å². The van der Waals surface area contributed by atoms with E-state index in [9.17, 15) is 8.42 Å². The Bertz CT molecular complexity index is 1320. The Morgan fingerprint density at radius 1 is 1.10 bits per heavy atom. The molecule has 0 aliphatic heterocycles. The summed E-state index contributed by atoms with van der Waals surface area (Å²) in [5.74, 6) is 0.256. The van der Waals surface area contributed by atoms with Crippen LogP contribution in [0.1, 0.15) is 20.8 Å². The van der Waals surface area contributed by atoms with Gasteiger partial charge in [0, 0.05) is 12.1 Å². The molecule has 162 valence electrons. The highest BCUT2D eigenvalue weighted by atomic mass is 32.2. The second-order valence-corrected chi connectivity index (χ2v) is 9.99. The number of nitrogens with zero attached hydrogens (tertiary/aromatic N) is 5. The van der Waals surface area contributed by atoms with Gasteiger partial charge in [-0.3, -0.25) is 9.67 Å². The molecule has 0 aliphatic carbocycles. The van der Waals surface area contributed by atoms with Gasteiger partial charge in [0.15, 0.2) is 5.65 Å². The number of hydrogen-bond donors (Lipinski definition) is 2. The van der Waals surface area contributed by atoms with Crippen molar-refractivity contribution >= 4 is 27.2 Å². The Morgan fingerprint density at radius 3 is 2.52 bits per heavy atom. The van der Waals surface area contributed by atoms with Gasteiger partial charge in [0.25, 0.3) is 10.1 Å². The van der Waals surface area contributed by atoms with Gasteiger partial charge in [-0.2, -0.15) is 8.42 Å². The van der Waals surface area contributed by atoms with Crippen molar-refractivity contribution in [2.24, 2.45) is 5.41 Å². The highest BCUT2D eigenvalue weighted by Crippen LogP contribution is 2.30. The van der Waals surface area contributed by atoms with E-state index < -0.39 is 10.1 Å². The number of H-pyrrole nitrogens is 1. The normalized spacial score (nSPS) is 12.4. The predicted molar refractivity (Wildman–Crippen MR) is 117 cm³/mol. The fraction of sp³-hybridized carbons (Fsp3) is 0.300. The van der Waals surface area contributed by atoms with Crippen LogP contribution in [0.2, 0.25) is 0 Å². The van der Waals surface area contributed by atoms with Gasteiger partial charge in [0.2, 0.25) is 5.95 Å². The molecule has 0 atom stereocenters. The predicted octanol–water partition coefficient (Wildman–Crippen LogP) is 3.23. The van der Waals surface area contributed by atoms with Gasteiger partial charge in [-0.15, -0.1) is 9.38 Å². The zero-order valence-electron chi connectivity index (χ0n) is 17.6. The molecule has 2 N–H and O–H groups in total. The number of aromatic amines is 1. The average Bonchev–Trinajstić information content (AvgIpc) is 3.30. The molecule has 4 aromatic rings. The summed E-state index contributed by atoms with van der Waals surface area (Å²) in [6, 6.07) is 13.3. The second-order valence-electron chi connectivity index (χ2n) is 8.41. The standard InChI is InChI=1S/C20H23N7O3S/c1-20(2,3)12-27-18-15(22-19(27)25-30-31(4,28)29)11-10-14(21-18)17-16(23-26-24-17)13-8-6-5-7-9-13/h5-11H,12H2,1-4H3,(H,22,25)(H,23,24,26). The lowest BCUT2D eigenvalue weighted by Gasteiger charge is -2.20. The van der Waals surface area contributed by atoms with Crippen LogP contribution in [0.3, 0.4) is 0 Å². The smallest absolute Gasteiger partial charge is 0.285 e. The molecule has 31 heavy (non-hydrogen) atoms. The van der Waals surface area contributed by atoms with E-state index in [1.54, 1.807) is 4.57 Å². The first-order valence-corrected chi connectivity index (χ1v) is 11.4. The molecule has 0 bridgehead atoms. The summed E-state index contributed by atoms with van der Waals surface area (Å²) >= 11 is 0. The van der Waals surface area contributed by atoms with E-state index in [0.717, 1.165) is 11.8 Å². The van der Waals surface area contributed by atoms with Crippen LogP contribution in [-0.2, 0) is 20.9 Å². The lowest BCUT2D eigenvalue weighted by atomic mass is 9.97. The van der Waals surface area contributed by atoms with Gasteiger partial charge in [0.05, 0.1) is 11.9 Å².